The molecule has 1 aromatic rings. The maximum absolute atomic E-state index is 9.29. The molecule has 0 amide bonds. The second kappa shape index (κ2) is 9.75. The molecular weight excluding hydrogens is 316 g/mol. The van der Waals surface area contributed by atoms with E-state index >= 15 is 0 Å². The van der Waals surface area contributed by atoms with Crippen molar-refractivity contribution in [2.75, 3.05) is 19.7 Å². The lowest BCUT2D eigenvalue weighted by Gasteiger charge is -2.25. The highest BCUT2D eigenvalue weighted by molar-refractivity contribution is 5.80. The van der Waals surface area contributed by atoms with Crippen LogP contribution in [0.2, 0.25) is 0 Å². The Kier molecular flexibility index (Phi) is 7.68. The van der Waals surface area contributed by atoms with Gasteiger partial charge in [-0.15, -0.1) is 0 Å². The van der Waals surface area contributed by atoms with E-state index in [4.69, 9.17) is 4.99 Å². The first kappa shape index (κ1) is 19.7. The first-order chi connectivity index (χ1) is 12.0. The number of aliphatic hydroxyl groups is 1. The van der Waals surface area contributed by atoms with Crippen molar-refractivity contribution in [2.45, 2.75) is 66.0 Å². The molecule has 0 saturated heterocycles. The third-order valence-electron chi connectivity index (χ3n) is 4.49. The summed E-state index contributed by atoms with van der Waals surface area (Å²) in [6.07, 6.45) is 4.01. The van der Waals surface area contributed by atoms with Crippen molar-refractivity contribution >= 4 is 5.96 Å². The van der Waals surface area contributed by atoms with Crippen LogP contribution in [-0.2, 0) is 6.54 Å². The maximum Gasteiger partial charge on any atom is 0.191 e. The molecule has 0 spiro atoms. The summed E-state index contributed by atoms with van der Waals surface area (Å²) in [5, 5.41) is 20.6. The topological polar surface area (TPSA) is 87.4 Å². The molecule has 7 heteroatoms. The molecule has 2 atom stereocenters. The number of aryl methyl sites for hydroxylation is 2. The fourth-order valence-electron chi connectivity index (χ4n) is 3.44. The summed E-state index contributed by atoms with van der Waals surface area (Å²) in [5.74, 6) is 3.68. The van der Waals surface area contributed by atoms with E-state index < -0.39 is 0 Å². The summed E-state index contributed by atoms with van der Waals surface area (Å²) >= 11 is 0. The predicted octanol–water partition coefficient (Wildman–Crippen LogP) is 2.02. The quantitative estimate of drug-likeness (QED) is 0.493. The lowest BCUT2D eigenvalue weighted by molar-refractivity contribution is 0.245. The zero-order chi connectivity index (χ0) is 18.2. The van der Waals surface area contributed by atoms with Gasteiger partial charge in [-0.2, -0.15) is 5.10 Å². The number of nitrogens with one attached hydrogen (secondary N) is 2. The molecule has 3 N–H and O–H groups in total. The van der Waals surface area contributed by atoms with Gasteiger partial charge in [0.15, 0.2) is 5.96 Å². The summed E-state index contributed by atoms with van der Waals surface area (Å²) < 4.78 is 2.01. The minimum atomic E-state index is 0.147. The van der Waals surface area contributed by atoms with E-state index in [1.807, 2.05) is 11.6 Å². The number of hydrogen-bond donors (Lipinski definition) is 3. The molecular formula is C18H34N6O. The van der Waals surface area contributed by atoms with Gasteiger partial charge in [0.25, 0.3) is 0 Å². The smallest absolute Gasteiger partial charge is 0.191 e. The Morgan fingerprint density at radius 3 is 2.92 bits per heavy atom. The molecule has 142 valence electrons. The number of nitrogens with zero attached hydrogens (tertiary/aromatic N) is 4. The van der Waals surface area contributed by atoms with Crippen molar-refractivity contribution < 1.29 is 5.11 Å². The van der Waals surface area contributed by atoms with Crippen LogP contribution < -0.4 is 10.6 Å². The van der Waals surface area contributed by atoms with Gasteiger partial charge in [-0.25, -0.2) is 9.67 Å². The molecule has 0 bridgehead atoms. The van der Waals surface area contributed by atoms with Gasteiger partial charge in [-0.3, -0.25) is 4.99 Å². The summed E-state index contributed by atoms with van der Waals surface area (Å²) in [6.45, 7) is 11.2. The van der Waals surface area contributed by atoms with Crippen molar-refractivity contribution in [2.24, 2.45) is 16.8 Å². The lowest BCUT2D eigenvalue weighted by atomic mass is 9.94. The Morgan fingerprint density at radius 2 is 2.24 bits per heavy atom. The second-order valence-corrected chi connectivity index (χ2v) is 7.31. The average molecular weight is 351 g/mol. The van der Waals surface area contributed by atoms with Gasteiger partial charge in [-0.05, 0) is 51.4 Å². The minimum Gasteiger partial charge on any atom is -0.396 e. The van der Waals surface area contributed by atoms with Crippen molar-refractivity contribution in [1.82, 2.24) is 25.4 Å². The van der Waals surface area contributed by atoms with Crippen LogP contribution in [0.3, 0.4) is 0 Å². The fraction of sp³-hybridized carbons (Fsp3) is 0.833. The van der Waals surface area contributed by atoms with E-state index in [-0.39, 0.29) is 12.6 Å². The molecule has 2 heterocycles. The highest BCUT2D eigenvalue weighted by Crippen LogP contribution is 2.23. The largest absolute Gasteiger partial charge is 0.396 e. The first-order valence-electron chi connectivity index (χ1n) is 9.60. The van der Waals surface area contributed by atoms with E-state index in [0.29, 0.717) is 11.8 Å². The molecule has 0 saturated carbocycles. The predicted molar refractivity (Wildman–Crippen MR) is 100 cm³/mol. The molecule has 0 aromatic carbocycles. The summed E-state index contributed by atoms with van der Waals surface area (Å²) in [7, 11) is 0. The Hall–Kier alpha value is -1.63. The first-order valence-corrected chi connectivity index (χ1v) is 9.60. The number of rotatable bonds is 8. The van der Waals surface area contributed by atoms with Crippen LogP contribution in [0.5, 0.6) is 0 Å². The molecule has 0 fully saturated rings. The van der Waals surface area contributed by atoms with Crippen molar-refractivity contribution in [1.29, 1.82) is 0 Å². The number of fused-ring (bicyclic) bond motifs is 1. The lowest BCUT2D eigenvalue weighted by Crippen LogP contribution is -2.41. The SMILES string of the molecule is CCNC(=NCC(CCO)CC(C)C)NC1CCCn2nc(C)nc21. The number of guanidine groups is 1. The van der Waals surface area contributed by atoms with E-state index in [2.05, 4.69) is 41.5 Å². The van der Waals surface area contributed by atoms with Crippen LogP contribution in [0, 0.1) is 18.8 Å². The van der Waals surface area contributed by atoms with Gasteiger partial charge in [0, 0.05) is 26.2 Å². The van der Waals surface area contributed by atoms with E-state index in [9.17, 15) is 5.11 Å². The van der Waals surface area contributed by atoms with Gasteiger partial charge >= 0.3 is 0 Å². The van der Waals surface area contributed by atoms with E-state index in [0.717, 1.165) is 62.9 Å². The summed E-state index contributed by atoms with van der Waals surface area (Å²) in [4.78, 5) is 9.37. The fourth-order valence-corrected chi connectivity index (χ4v) is 3.44. The normalized spacial score (nSPS) is 19.0. The zero-order valence-electron chi connectivity index (χ0n) is 16.1. The standard InChI is InChI=1S/C18H34N6O/c1-5-19-18(20-12-15(8-10-25)11-13(2)3)22-16-7-6-9-24-17(16)21-14(4)23-24/h13,15-16,25H,5-12H2,1-4H3,(H2,19,20,22). The minimum absolute atomic E-state index is 0.147. The monoisotopic (exact) mass is 350 g/mol. The van der Waals surface area contributed by atoms with Gasteiger partial charge in [0.2, 0.25) is 0 Å². The van der Waals surface area contributed by atoms with Crippen LogP contribution in [0.25, 0.3) is 0 Å². The van der Waals surface area contributed by atoms with Crippen molar-refractivity contribution in [3.05, 3.63) is 11.6 Å². The zero-order valence-corrected chi connectivity index (χ0v) is 16.1. The van der Waals surface area contributed by atoms with Crippen LogP contribution in [0.15, 0.2) is 4.99 Å². The average Bonchev–Trinajstić information content (AvgIpc) is 2.93. The Bertz CT molecular complexity index is 554. The third-order valence-corrected chi connectivity index (χ3v) is 4.49. The Balaban J connectivity index is 2.04. The van der Waals surface area contributed by atoms with E-state index in [1.54, 1.807) is 0 Å². The van der Waals surface area contributed by atoms with Crippen LogP contribution in [-0.4, -0.2) is 45.5 Å². The molecule has 7 nitrogen and oxygen atoms in total. The Labute approximate surface area is 151 Å². The van der Waals surface area contributed by atoms with Crippen LogP contribution >= 0.6 is 0 Å². The molecule has 0 aliphatic carbocycles. The highest BCUT2D eigenvalue weighted by Gasteiger charge is 2.24. The number of aliphatic hydroxyl groups excluding tert-OH is 1. The second-order valence-electron chi connectivity index (χ2n) is 7.31. The number of hydrogen-bond acceptors (Lipinski definition) is 4. The van der Waals surface area contributed by atoms with Crippen molar-refractivity contribution in [3.63, 3.8) is 0 Å². The molecule has 2 unspecified atom stereocenters. The third kappa shape index (κ3) is 5.99. The van der Waals surface area contributed by atoms with Gasteiger partial charge in [0.05, 0.1) is 6.04 Å². The maximum atomic E-state index is 9.29. The number of aromatic nitrogens is 3. The van der Waals surface area contributed by atoms with Gasteiger partial charge < -0.3 is 15.7 Å². The summed E-state index contributed by atoms with van der Waals surface area (Å²) in [5.41, 5.74) is 0. The molecule has 2 rings (SSSR count). The van der Waals surface area contributed by atoms with Crippen LogP contribution in [0.4, 0.5) is 0 Å². The number of aliphatic imine (C=N–C) groups is 1. The van der Waals surface area contributed by atoms with Crippen molar-refractivity contribution in [3.8, 4) is 0 Å². The molecule has 1 aliphatic rings. The molecule has 25 heavy (non-hydrogen) atoms. The molecule has 1 aromatic heterocycles. The Morgan fingerprint density at radius 1 is 1.44 bits per heavy atom. The summed E-state index contributed by atoms with van der Waals surface area (Å²) in [6, 6.07) is 0.147. The highest BCUT2D eigenvalue weighted by atomic mass is 16.3. The van der Waals surface area contributed by atoms with Gasteiger partial charge in [0.1, 0.15) is 11.6 Å². The molecule has 0 radical (unpaired) electrons. The van der Waals surface area contributed by atoms with Gasteiger partial charge in [-0.1, -0.05) is 13.8 Å². The van der Waals surface area contributed by atoms with E-state index in [1.165, 1.54) is 0 Å². The van der Waals surface area contributed by atoms with Crippen LogP contribution in [0.1, 0.15) is 64.1 Å². The molecule has 1 aliphatic heterocycles.